The van der Waals surface area contributed by atoms with Crippen LogP contribution in [0.2, 0.25) is 0 Å². The number of nitrogens with zero attached hydrogens (tertiary/aromatic N) is 1. The zero-order valence-electron chi connectivity index (χ0n) is 8.29. The molecule has 0 radical (unpaired) electrons. The molecule has 1 nitrogen and oxygen atoms in total. The van der Waals surface area contributed by atoms with Crippen LogP contribution in [-0.2, 0) is 0 Å². The van der Waals surface area contributed by atoms with E-state index in [0.29, 0.717) is 5.92 Å². The van der Waals surface area contributed by atoms with Gasteiger partial charge in [-0.15, -0.1) is 0 Å². The molecule has 0 aliphatic carbocycles. The monoisotopic (exact) mass is 189 g/mol. The lowest BCUT2D eigenvalue weighted by Crippen LogP contribution is -1.93. The van der Waals surface area contributed by atoms with Crippen LogP contribution in [-0.4, -0.2) is 4.98 Å². The molecule has 2 aromatic rings. The lowest BCUT2D eigenvalue weighted by molar-refractivity contribution is 0.625. The van der Waals surface area contributed by atoms with Gasteiger partial charge in [0.25, 0.3) is 0 Å². The summed E-state index contributed by atoms with van der Waals surface area (Å²) in [6, 6.07) is 6.80. The van der Waals surface area contributed by atoms with E-state index < -0.39 is 0 Å². The van der Waals surface area contributed by atoms with Gasteiger partial charge < -0.3 is 0 Å². The molecule has 1 heterocycles. The smallest absolute Gasteiger partial charge is 0.124 e. The fraction of sp³-hybridized carbons (Fsp3) is 0.250. The summed E-state index contributed by atoms with van der Waals surface area (Å²) >= 11 is 0. The molecule has 0 bridgehead atoms. The van der Waals surface area contributed by atoms with E-state index in [0.717, 1.165) is 16.5 Å². The molecule has 1 aromatic heterocycles. The first-order chi connectivity index (χ1) is 6.68. The van der Waals surface area contributed by atoms with E-state index in [9.17, 15) is 4.39 Å². The number of rotatable bonds is 1. The summed E-state index contributed by atoms with van der Waals surface area (Å²) in [6.45, 7) is 4.09. The maximum Gasteiger partial charge on any atom is 0.124 e. The SMILES string of the molecule is CC(C)c1cc(F)cc2cccnc12. The number of benzene rings is 1. The molecule has 0 saturated carbocycles. The lowest BCUT2D eigenvalue weighted by Gasteiger charge is -2.08. The molecular weight excluding hydrogens is 177 g/mol. The summed E-state index contributed by atoms with van der Waals surface area (Å²) in [5.41, 5.74) is 1.88. The molecule has 0 spiro atoms. The van der Waals surface area contributed by atoms with Crippen LogP contribution in [0.15, 0.2) is 30.5 Å². The highest BCUT2D eigenvalue weighted by molar-refractivity contribution is 5.82. The first kappa shape index (κ1) is 9.13. The Kier molecular flexibility index (Phi) is 2.20. The molecule has 0 aliphatic heterocycles. The highest BCUT2D eigenvalue weighted by atomic mass is 19.1. The van der Waals surface area contributed by atoms with Gasteiger partial charge in [-0.2, -0.15) is 0 Å². The van der Waals surface area contributed by atoms with E-state index in [1.165, 1.54) is 6.07 Å². The third-order valence-corrected chi connectivity index (χ3v) is 2.32. The molecule has 0 atom stereocenters. The third kappa shape index (κ3) is 1.48. The van der Waals surface area contributed by atoms with Crippen molar-refractivity contribution in [3.8, 4) is 0 Å². The van der Waals surface area contributed by atoms with Crippen LogP contribution in [0.25, 0.3) is 10.9 Å². The third-order valence-electron chi connectivity index (χ3n) is 2.32. The van der Waals surface area contributed by atoms with Gasteiger partial charge in [-0.05, 0) is 29.7 Å². The number of hydrogen-bond acceptors (Lipinski definition) is 1. The number of hydrogen-bond donors (Lipinski definition) is 0. The van der Waals surface area contributed by atoms with Crippen molar-refractivity contribution in [2.45, 2.75) is 19.8 Å². The van der Waals surface area contributed by atoms with Crippen molar-refractivity contribution in [1.29, 1.82) is 0 Å². The van der Waals surface area contributed by atoms with E-state index in [1.807, 2.05) is 26.0 Å². The highest BCUT2D eigenvalue weighted by Gasteiger charge is 2.07. The quantitative estimate of drug-likeness (QED) is 0.669. The van der Waals surface area contributed by atoms with Crippen LogP contribution < -0.4 is 0 Å². The molecule has 0 unspecified atom stereocenters. The van der Waals surface area contributed by atoms with Crippen LogP contribution in [0.3, 0.4) is 0 Å². The summed E-state index contributed by atoms with van der Waals surface area (Å²) in [5.74, 6) is 0.109. The Morgan fingerprint density at radius 2 is 2.07 bits per heavy atom. The minimum atomic E-state index is -0.186. The van der Waals surface area contributed by atoms with E-state index >= 15 is 0 Å². The minimum absolute atomic E-state index is 0.186. The summed E-state index contributed by atoms with van der Waals surface area (Å²) in [6.07, 6.45) is 1.74. The van der Waals surface area contributed by atoms with Crippen LogP contribution in [0.4, 0.5) is 4.39 Å². The van der Waals surface area contributed by atoms with Crippen LogP contribution in [0.5, 0.6) is 0 Å². The van der Waals surface area contributed by atoms with Crippen molar-refractivity contribution in [1.82, 2.24) is 4.98 Å². The highest BCUT2D eigenvalue weighted by Crippen LogP contribution is 2.24. The average molecular weight is 189 g/mol. The minimum Gasteiger partial charge on any atom is -0.256 e. The maximum absolute atomic E-state index is 13.2. The number of fused-ring (bicyclic) bond motifs is 1. The zero-order valence-corrected chi connectivity index (χ0v) is 8.29. The van der Waals surface area contributed by atoms with Crippen molar-refractivity contribution in [2.75, 3.05) is 0 Å². The molecule has 2 heteroatoms. The van der Waals surface area contributed by atoms with Crippen LogP contribution in [0, 0.1) is 5.82 Å². The summed E-state index contributed by atoms with van der Waals surface area (Å²) < 4.78 is 13.2. The predicted molar refractivity (Wildman–Crippen MR) is 55.8 cm³/mol. The van der Waals surface area contributed by atoms with Gasteiger partial charge in [-0.1, -0.05) is 19.9 Å². The second-order valence-electron chi connectivity index (χ2n) is 3.72. The summed E-state index contributed by atoms with van der Waals surface area (Å²) in [4.78, 5) is 4.28. The molecule has 1 aromatic carbocycles. The second-order valence-corrected chi connectivity index (χ2v) is 3.72. The van der Waals surface area contributed by atoms with Gasteiger partial charge in [0.05, 0.1) is 5.52 Å². The van der Waals surface area contributed by atoms with Crippen molar-refractivity contribution >= 4 is 10.9 Å². The zero-order chi connectivity index (χ0) is 10.1. The topological polar surface area (TPSA) is 12.9 Å². The first-order valence-corrected chi connectivity index (χ1v) is 4.72. The summed E-state index contributed by atoms with van der Waals surface area (Å²) in [5, 5.41) is 0.871. The van der Waals surface area contributed by atoms with Crippen molar-refractivity contribution in [3.05, 3.63) is 41.8 Å². The lowest BCUT2D eigenvalue weighted by atomic mass is 9.99. The van der Waals surface area contributed by atoms with Crippen molar-refractivity contribution < 1.29 is 4.39 Å². The molecular formula is C12H12FN. The van der Waals surface area contributed by atoms with Gasteiger partial charge in [0, 0.05) is 11.6 Å². The normalized spacial score (nSPS) is 11.1. The maximum atomic E-state index is 13.2. The second kappa shape index (κ2) is 3.37. The summed E-state index contributed by atoms with van der Waals surface area (Å²) in [7, 11) is 0. The Balaban J connectivity index is 2.80. The van der Waals surface area contributed by atoms with E-state index in [1.54, 1.807) is 12.3 Å². The number of pyridine rings is 1. The Morgan fingerprint density at radius 3 is 2.79 bits per heavy atom. The van der Waals surface area contributed by atoms with E-state index in [2.05, 4.69) is 4.98 Å². The number of halogens is 1. The van der Waals surface area contributed by atoms with Gasteiger partial charge in [-0.25, -0.2) is 4.39 Å². The Labute approximate surface area is 82.6 Å². The molecule has 0 fully saturated rings. The molecule has 14 heavy (non-hydrogen) atoms. The van der Waals surface area contributed by atoms with Gasteiger partial charge in [0.15, 0.2) is 0 Å². The molecule has 2 rings (SSSR count). The van der Waals surface area contributed by atoms with E-state index in [4.69, 9.17) is 0 Å². The first-order valence-electron chi connectivity index (χ1n) is 4.72. The standard InChI is InChI=1S/C12H12FN/c1-8(2)11-7-10(13)6-9-4-3-5-14-12(9)11/h3-8H,1-2H3. The van der Waals surface area contributed by atoms with Gasteiger partial charge in [-0.3, -0.25) is 4.98 Å². The number of aromatic nitrogens is 1. The van der Waals surface area contributed by atoms with E-state index in [-0.39, 0.29) is 5.82 Å². The van der Waals surface area contributed by atoms with Crippen molar-refractivity contribution in [3.63, 3.8) is 0 Å². The molecule has 72 valence electrons. The fourth-order valence-corrected chi connectivity index (χ4v) is 1.62. The van der Waals surface area contributed by atoms with Gasteiger partial charge in [0.1, 0.15) is 5.82 Å². The Hall–Kier alpha value is -1.44. The molecule has 0 aliphatic rings. The molecule has 0 N–H and O–H groups in total. The van der Waals surface area contributed by atoms with Crippen molar-refractivity contribution in [2.24, 2.45) is 0 Å². The Morgan fingerprint density at radius 1 is 1.29 bits per heavy atom. The Bertz CT molecular complexity index is 463. The average Bonchev–Trinajstić information content (AvgIpc) is 2.16. The molecule has 0 saturated heterocycles. The fourth-order valence-electron chi connectivity index (χ4n) is 1.62. The predicted octanol–water partition coefficient (Wildman–Crippen LogP) is 3.50. The largest absolute Gasteiger partial charge is 0.256 e. The van der Waals surface area contributed by atoms with Gasteiger partial charge in [0.2, 0.25) is 0 Å². The van der Waals surface area contributed by atoms with Crippen LogP contribution >= 0.6 is 0 Å². The van der Waals surface area contributed by atoms with Crippen LogP contribution in [0.1, 0.15) is 25.3 Å². The van der Waals surface area contributed by atoms with Gasteiger partial charge >= 0.3 is 0 Å². The molecule has 0 amide bonds.